The summed E-state index contributed by atoms with van der Waals surface area (Å²) < 4.78 is 6.38. The zero-order chi connectivity index (χ0) is 11.5. The Hall–Kier alpha value is -0.690. The number of hydrogen-bond donors (Lipinski definition) is 1. The highest BCUT2D eigenvalue weighted by Gasteiger charge is 2.08. The molecule has 0 amide bonds. The molecule has 0 bridgehead atoms. The van der Waals surface area contributed by atoms with Crippen LogP contribution in [0, 0.1) is 0 Å². The first-order chi connectivity index (χ1) is 7.69. The van der Waals surface area contributed by atoms with Crippen molar-refractivity contribution in [3.05, 3.63) is 32.7 Å². The third-order valence-electron chi connectivity index (χ3n) is 1.71. The maximum Gasteiger partial charge on any atom is 0.299 e. The molecular formula is C9H7BrClN3OS. The Labute approximate surface area is 110 Å². The van der Waals surface area contributed by atoms with Crippen molar-refractivity contribution in [1.29, 1.82) is 0 Å². The van der Waals surface area contributed by atoms with E-state index in [2.05, 4.69) is 26.1 Å². The van der Waals surface area contributed by atoms with E-state index >= 15 is 0 Å². The smallest absolute Gasteiger partial charge is 0.299 e. The van der Waals surface area contributed by atoms with Crippen LogP contribution in [0.4, 0.5) is 0 Å². The highest BCUT2D eigenvalue weighted by Crippen LogP contribution is 2.33. The molecule has 0 saturated carbocycles. The summed E-state index contributed by atoms with van der Waals surface area (Å²) in [5.74, 6) is 0.538. The van der Waals surface area contributed by atoms with Crippen molar-refractivity contribution in [1.82, 2.24) is 10.2 Å². The average molecular weight is 321 g/mol. The molecule has 0 unspecified atom stereocenters. The molecule has 0 radical (unpaired) electrons. The van der Waals surface area contributed by atoms with Gasteiger partial charge in [-0.25, -0.2) is 0 Å². The number of aromatic nitrogens is 2. The van der Waals surface area contributed by atoms with Crippen molar-refractivity contribution in [3.8, 4) is 10.9 Å². The molecule has 0 saturated heterocycles. The number of hydrogen-bond acceptors (Lipinski definition) is 5. The third-order valence-corrected chi connectivity index (χ3v) is 3.34. The van der Waals surface area contributed by atoms with Crippen LogP contribution in [0.2, 0.25) is 5.02 Å². The quantitative estimate of drug-likeness (QED) is 0.943. The fraction of sp³-hybridized carbons (Fsp3) is 0.111. The molecule has 0 spiro atoms. The molecule has 0 aliphatic carbocycles. The van der Waals surface area contributed by atoms with Crippen LogP contribution in [0.1, 0.15) is 5.01 Å². The Morgan fingerprint density at radius 2 is 2.25 bits per heavy atom. The highest BCUT2D eigenvalue weighted by atomic mass is 79.9. The Bertz CT molecular complexity index is 505. The average Bonchev–Trinajstić information content (AvgIpc) is 2.71. The van der Waals surface area contributed by atoms with Crippen LogP contribution in [0.5, 0.6) is 10.9 Å². The minimum Gasteiger partial charge on any atom is -0.428 e. The zero-order valence-electron chi connectivity index (χ0n) is 7.98. The summed E-state index contributed by atoms with van der Waals surface area (Å²) in [6.07, 6.45) is 0. The fourth-order valence-electron chi connectivity index (χ4n) is 1.01. The van der Waals surface area contributed by atoms with Crippen LogP contribution < -0.4 is 10.5 Å². The van der Waals surface area contributed by atoms with Gasteiger partial charge in [0, 0.05) is 11.0 Å². The van der Waals surface area contributed by atoms with Crippen LogP contribution in [-0.4, -0.2) is 10.2 Å². The normalized spacial score (nSPS) is 10.4. The molecule has 2 aromatic rings. The SMILES string of the molecule is NCc1nnc(Oc2cc(Br)ccc2Cl)s1. The van der Waals surface area contributed by atoms with Crippen molar-refractivity contribution >= 4 is 38.9 Å². The second-order valence-corrected chi connectivity index (χ2v) is 5.19. The molecule has 4 nitrogen and oxygen atoms in total. The lowest BCUT2D eigenvalue weighted by molar-refractivity contribution is 0.473. The van der Waals surface area contributed by atoms with Crippen LogP contribution >= 0.6 is 38.9 Å². The number of benzene rings is 1. The van der Waals surface area contributed by atoms with Gasteiger partial charge in [-0.2, -0.15) is 0 Å². The van der Waals surface area contributed by atoms with E-state index in [1.165, 1.54) is 11.3 Å². The van der Waals surface area contributed by atoms with Crippen molar-refractivity contribution in [2.24, 2.45) is 5.73 Å². The maximum atomic E-state index is 5.97. The summed E-state index contributed by atoms with van der Waals surface area (Å²) in [5.41, 5.74) is 5.43. The molecule has 0 aliphatic rings. The molecular weight excluding hydrogens is 314 g/mol. The summed E-state index contributed by atoms with van der Waals surface area (Å²) in [7, 11) is 0. The molecule has 1 aromatic carbocycles. The first-order valence-electron chi connectivity index (χ1n) is 4.34. The molecule has 16 heavy (non-hydrogen) atoms. The van der Waals surface area contributed by atoms with E-state index in [-0.39, 0.29) is 0 Å². The van der Waals surface area contributed by atoms with Gasteiger partial charge < -0.3 is 10.5 Å². The first-order valence-corrected chi connectivity index (χ1v) is 6.33. The Morgan fingerprint density at radius 3 is 2.94 bits per heavy atom. The number of rotatable bonds is 3. The second kappa shape index (κ2) is 5.09. The van der Waals surface area contributed by atoms with Gasteiger partial charge in [-0.05, 0) is 18.2 Å². The summed E-state index contributed by atoms with van der Waals surface area (Å²) in [6.45, 7) is 0.354. The van der Waals surface area contributed by atoms with E-state index in [1.807, 2.05) is 6.07 Å². The van der Waals surface area contributed by atoms with Gasteiger partial charge in [-0.15, -0.1) is 5.10 Å². The molecule has 0 fully saturated rings. The molecule has 2 N–H and O–H groups in total. The van der Waals surface area contributed by atoms with E-state index in [0.29, 0.717) is 22.5 Å². The van der Waals surface area contributed by atoms with E-state index in [4.69, 9.17) is 22.1 Å². The summed E-state index contributed by atoms with van der Waals surface area (Å²) in [5, 5.41) is 9.37. The van der Waals surface area contributed by atoms with Crippen molar-refractivity contribution in [3.63, 3.8) is 0 Å². The van der Waals surface area contributed by atoms with Gasteiger partial charge in [-0.3, -0.25) is 0 Å². The van der Waals surface area contributed by atoms with Gasteiger partial charge in [0.15, 0.2) is 0 Å². The van der Waals surface area contributed by atoms with Gasteiger partial charge >= 0.3 is 0 Å². The second-order valence-electron chi connectivity index (χ2n) is 2.84. The number of ether oxygens (including phenoxy) is 1. The Kier molecular flexibility index (Phi) is 3.75. The third kappa shape index (κ3) is 2.70. The maximum absolute atomic E-state index is 5.97. The van der Waals surface area contributed by atoms with Crippen molar-refractivity contribution in [2.75, 3.05) is 0 Å². The first kappa shape index (κ1) is 11.8. The molecule has 1 heterocycles. The highest BCUT2D eigenvalue weighted by molar-refractivity contribution is 9.10. The lowest BCUT2D eigenvalue weighted by Crippen LogP contribution is -1.94. The monoisotopic (exact) mass is 319 g/mol. The summed E-state index contributed by atoms with van der Waals surface area (Å²) in [6, 6.07) is 5.35. The summed E-state index contributed by atoms with van der Waals surface area (Å²) in [4.78, 5) is 0. The molecule has 7 heteroatoms. The number of nitrogens with two attached hydrogens (primary N) is 1. The van der Waals surface area contributed by atoms with Crippen LogP contribution in [0.15, 0.2) is 22.7 Å². The van der Waals surface area contributed by atoms with Gasteiger partial charge in [-0.1, -0.05) is 44.0 Å². The van der Waals surface area contributed by atoms with Crippen LogP contribution in [-0.2, 0) is 6.54 Å². The molecule has 0 aliphatic heterocycles. The number of halogens is 2. The van der Waals surface area contributed by atoms with Crippen LogP contribution in [0.25, 0.3) is 0 Å². The van der Waals surface area contributed by atoms with E-state index in [0.717, 1.165) is 9.48 Å². The van der Waals surface area contributed by atoms with Gasteiger partial charge in [0.2, 0.25) is 0 Å². The number of nitrogens with zero attached hydrogens (tertiary/aromatic N) is 2. The van der Waals surface area contributed by atoms with Gasteiger partial charge in [0.1, 0.15) is 10.8 Å². The molecule has 1 aromatic heterocycles. The lowest BCUT2D eigenvalue weighted by atomic mass is 10.3. The largest absolute Gasteiger partial charge is 0.428 e. The van der Waals surface area contributed by atoms with E-state index in [1.54, 1.807) is 12.1 Å². The minimum absolute atomic E-state index is 0.354. The van der Waals surface area contributed by atoms with Gasteiger partial charge in [0.25, 0.3) is 5.19 Å². The van der Waals surface area contributed by atoms with E-state index in [9.17, 15) is 0 Å². The predicted molar refractivity (Wildman–Crippen MR) is 67.0 cm³/mol. The standard InChI is InChI=1S/C9H7BrClN3OS/c10-5-1-2-6(11)7(3-5)15-9-14-13-8(4-12)16-9/h1-3H,4,12H2. The fourth-order valence-corrected chi connectivity index (χ4v) is 2.09. The Balaban J connectivity index is 2.22. The van der Waals surface area contributed by atoms with Gasteiger partial charge in [0.05, 0.1) is 5.02 Å². The van der Waals surface area contributed by atoms with Crippen LogP contribution in [0.3, 0.4) is 0 Å². The predicted octanol–water partition coefficient (Wildman–Crippen LogP) is 3.21. The van der Waals surface area contributed by atoms with Crippen molar-refractivity contribution in [2.45, 2.75) is 6.54 Å². The van der Waals surface area contributed by atoms with E-state index < -0.39 is 0 Å². The zero-order valence-corrected chi connectivity index (χ0v) is 11.1. The lowest BCUT2D eigenvalue weighted by Gasteiger charge is -2.03. The Morgan fingerprint density at radius 1 is 1.44 bits per heavy atom. The summed E-state index contributed by atoms with van der Waals surface area (Å²) >= 11 is 10.6. The van der Waals surface area contributed by atoms with Crippen molar-refractivity contribution < 1.29 is 4.74 Å². The molecule has 84 valence electrons. The molecule has 2 rings (SSSR count). The molecule has 0 atom stereocenters. The topological polar surface area (TPSA) is 61.0 Å². The minimum atomic E-state index is 0.354.